The van der Waals surface area contributed by atoms with Crippen molar-refractivity contribution in [2.24, 2.45) is 0 Å². The average molecular weight is 564 g/mol. The fraction of sp³-hybridized carbons (Fsp3) is 0.0400. The molecule has 0 saturated heterocycles. The summed E-state index contributed by atoms with van der Waals surface area (Å²) in [5, 5.41) is -0.109. The van der Waals surface area contributed by atoms with E-state index in [1.807, 2.05) is 0 Å². The maximum absolute atomic E-state index is 13.7. The van der Waals surface area contributed by atoms with Crippen LogP contribution in [-0.2, 0) is 24.3 Å². The monoisotopic (exact) mass is 562 g/mol. The summed E-state index contributed by atoms with van der Waals surface area (Å²) >= 11 is 18.2. The molecule has 0 unspecified atom stereocenters. The number of Topliss-reactive ketones (excluding diaryl/α,β-unsaturated/α-hetero) is 1. The van der Waals surface area contributed by atoms with Crippen LogP contribution in [0.15, 0.2) is 95.3 Å². The summed E-state index contributed by atoms with van der Waals surface area (Å²) in [6.07, 6.45) is 1.01. The predicted molar refractivity (Wildman–Crippen MR) is 139 cm³/mol. The fourth-order valence-corrected chi connectivity index (χ4v) is 5.64. The zero-order chi connectivity index (χ0) is 26.0. The summed E-state index contributed by atoms with van der Waals surface area (Å²) in [7, 11) is -3.22. The number of nitrogens with one attached hydrogen (secondary N) is 1. The number of hydrogen-bond acceptors (Lipinski definition) is 6. The van der Waals surface area contributed by atoms with Gasteiger partial charge in [-0.2, -0.15) is 0 Å². The van der Waals surface area contributed by atoms with Gasteiger partial charge in [0.25, 0.3) is 10.0 Å². The molecule has 0 amide bonds. The Kier molecular flexibility index (Phi) is 7.42. The van der Waals surface area contributed by atoms with Crippen LogP contribution in [-0.4, -0.2) is 27.3 Å². The number of carbonyl (C=O) groups is 2. The Morgan fingerprint density at radius 2 is 1.50 bits per heavy atom. The third-order valence-corrected chi connectivity index (χ3v) is 7.71. The molecule has 11 heteroatoms. The number of para-hydroxylation sites is 1. The smallest absolute Gasteiger partial charge is 0.332 e. The maximum atomic E-state index is 13.7. The van der Waals surface area contributed by atoms with Gasteiger partial charge in [-0.15, -0.1) is 0 Å². The molecule has 0 aromatic heterocycles. The third kappa shape index (κ3) is 4.99. The van der Waals surface area contributed by atoms with Crippen LogP contribution < -0.4 is 9.62 Å². The summed E-state index contributed by atoms with van der Waals surface area (Å²) in [4.78, 5) is 26.8. The van der Waals surface area contributed by atoms with Gasteiger partial charge in [0.05, 0.1) is 33.8 Å². The lowest BCUT2D eigenvalue weighted by molar-refractivity contribution is -0.135. The Labute approximate surface area is 222 Å². The van der Waals surface area contributed by atoms with E-state index < -0.39 is 21.8 Å². The molecule has 1 N–H and O–H groups in total. The van der Waals surface area contributed by atoms with Crippen LogP contribution in [0.2, 0.25) is 15.1 Å². The number of esters is 1. The highest BCUT2D eigenvalue weighted by Crippen LogP contribution is 2.39. The first kappa shape index (κ1) is 25.8. The van der Waals surface area contributed by atoms with Gasteiger partial charge in [0.2, 0.25) is 5.78 Å². The lowest BCUT2D eigenvalue weighted by Gasteiger charge is -2.24. The highest BCUT2D eigenvalue weighted by Gasteiger charge is 2.40. The Morgan fingerprint density at radius 1 is 0.917 bits per heavy atom. The second kappa shape index (κ2) is 10.4. The molecule has 1 heterocycles. The van der Waals surface area contributed by atoms with Crippen LogP contribution in [0.25, 0.3) is 5.57 Å². The second-order valence-electron chi connectivity index (χ2n) is 7.44. The number of benzene rings is 3. The van der Waals surface area contributed by atoms with Crippen molar-refractivity contribution >= 4 is 67.8 Å². The second-order valence-corrected chi connectivity index (χ2v) is 10.3. The van der Waals surface area contributed by atoms with Crippen molar-refractivity contribution in [3.05, 3.63) is 111 Å². The molecule has 1 aliphatic heterocycles. The van der Waals surface area contributed by atoms with Crippen LogP contribution >= 0.6 is 34.8 Å². The number of ether oxygens (including phenoxy) is 1. The molecule has 0 saturated carbocycles. The van der Waals surface area contributed by atoms with E-state index in [1.165, 1.54) is 18.1 Å². The molecular weight excluding hydrogens is 547 g/mol. The number of allylic oxidation sites excluding steroid dienone is 1. The van der Waals surface area contributed by atoms with Gasteiger partial charge < -0.3 is 4.74 Å². The number of methoxy groups -OCH3 is 1. The molecule has 0 fully saturated rings. The van der Waals surface area contributed by atoms with Crippen molar-refractivity contribution in [2.75, 3.05) is 12.0 Å². The van der Waals surface area contributed by atoms with Crippen molar-refractivity contribution < 1.29 is 22.7 Å². The highest BCUT2D eigenvalue weighted by molar-refractivity contribution is 7.89. The van der Waals surface area contributed by atoms with E-state index in [1.54, 1.807) is 60.7 Å². The van der Waals surface area contributed by atoms with Gasteiger partial charge in [-0.05, 0) is 29.8 Å². The summed E-state index contributed by atoms with van der Waals surface area (Å²) < 4.78 is 34.3. The molecule has 1 aliphatic rings. The minimum atomic E-state index is -4.40. The first-order valence-electron chi connectivity index (χ1n) is 10.3. The summed E-state index contributed by atoms with van der Waals surface area (Å²) in [5.74, 6) is -1.48. The number of carbonyl (C=O) groups excluding carboxylic acids is 2. The molecular formula is C25H17Cl3N2O5S. The van der Waals surface area contributed by atoms with Crippen LogP contribution in [0.5, 0.6) is 0 Å². The van der Waals surface area contributed by atoms with Crippen LogP contribution in [0.3, 0.4) is 0 Å². The molecule has 3 aromatic carbocycles. The molecule has 184 valence electrons. The first-order valence-corrected chi connectivity index (χ1v) is 12.9. The lowest BCUT2D eigenvalue weighted by atomic mass is 10.0. The van der Waals surface area contributed by atoms with Crippen LogP contribution in [0.4, 0.5) is 5.69 Å². The molecule has 0 radical (unpaired) electrons. The van der Waals surface area contributed by atoms with Crippen molar-refractivity contribution in [2.45, 2.75) is 4.90 Å². The van der Waals surface area contributed by atoms with Gasteiger partial charge in [0.1, 0.15) is 16.4 Å². The SMILES string of the molecule is COC(=O)/C=C1\C(=O)C(c2ccccc2)=C(NS(=O)(=O)c2cc(Cl)c(Cl)cc2Cl)N1c1ccccc1. The number of hydrogen-bond donors (Lipinski definition) is 1. The standard InChI is InChI=1S/C25H17Cl3N2O5S/c1-35-22(31)14-20-24(32)23(15-8-4-2-5-9-15)25(30(20)16-10-6-3-7-11-16)29-36(33,34)21-13-18(27)17(26)12-19(21)28/h2-14,29H,1H3/b20-14+. The molecule has 0 atom stereocenters. The molecule has 4 rings (SSSR count). The Hall–Kier alpha value is -3.30. The topological polar surface area (TPSA) is 92.8 Å². The van der Waals surface area contributed by atoms with Gasteiger partial charge in [-0.25, -0.2) is 13.2 Å². The first-order chi connectivity index (χ1) is 17.1. The van der Waals surface area contributed by atoms with Gasteiger partial charge in [0, 0.05) is 5.69 Å². The normalized spacial score (nSPS) is 14.9. The molecule has 0 bridgehead atoms. The minimum absolute atomic E-state index is 0.0209. The summed E-state index contributed by atoms with van der Waals surface area (Å²) in [6.45, 7) is 0. The summed E-state index contributed by atoms with van der Waals surface area (Å²) in [6, 6.07) is 19.3. The molecule has 7 nitrogen and oxygen atoms in total. The maximum Gasteiger partial charge on any atom is 0.332 e. The molecule has 0 aliphatic carbocycles. The predicted octanol–water partition coefficient (Wildman–Crippen LogP) is 5.44. The number of sulfonamides is 1. The quantitative estimate of drug-likeness (QED) is 0.244. The largest absolute Gasteiger partial charge is 0.466 e. The minimum Gasteiger partial charge on any atom is -0.466 e. The number of rotatable bonds is 6. The van der Waals surface area contributed by atoms with E-state index in [-0.39, 0.29) is 37.1 Å². The fourth-order valence-electron chi connectivity index (χ4n) is 3.58. The zero-order valence-electron chi connectivity index (χ0n) is 18.5. The Balaban J connectivity index is 1.98. The molecule has 0 spiro atoms. The molecule has 3 aromatic rings. The highest BCUT2D eigenvalue weighted by atomic mass is 35.5. The number of anilines is 1. The van der Waals surface area contributed by atoms with E-state index in [9.17, 15) is 18.0 Å². The van der Waals surface area contributed by atoms with E-state index in [0.717, 1.165) is 12.1 Å². The number of nitrogens with zero attached hydrogens (tertiary/aromatic N) is 1. The van der Waals surface area contributed by atoms with Crippen molar-refractivity contribution in [1.82, 2.24) is 4.72 Å². The number of ketones is 1. The number of halogens is 3. The van der Waals surface area contributed by atoms with Gasteiger partial charge in [0.15, 0.2) is 0 Å². The van der Waals surface area contributed by atoms with Crippen LogP contribution in [0.1, 0.15) is 5.56 Å². The van der Waals surface area contributed by atoms with E-state index in [2.05, 4.69) is 4.72 Å². The third-order valence-electron chi connectivity index (χ3n) is 5.19. The van der Waals surface area contributed by atoms with Crippen LogP contribution in [0, 0.1) is 0 Å². The Morgan fingerprint density at radius 3 is 2.11 bits per heavy atom. The van der Waals surface area contributed by atoms with Gasteiger partial charge in [-0.1, -0.05) is 83.3 Å². The zero-order valence-corrected chi connectivity index (χ0v) is 21.6. The van der Waals surface area contributed by atoms with Crippen molar-refractivity contribution in [3.63, 3.8) is 0 Å². The average Bonchev–Trinajstić information content (AvgIpc) is 3.12. The van der Waals surface area contributed by atoms with E-state index in [0.29, 0.717) is 11.3 Å². The summed E-state index contributed by atoms with van der Waals surface area (Å²) in [5.41, 5.74) is 0.763. The molecule has 36 heavy (non-hydrogen) atoms. The van der Waals surface area contributed by atoms with Gasteiger partial charge in [-0.3, -0.25) is 14.4 Å². The van der Waals surface area contributed by atoms with Crippen molar-refractivity contribution in [1.29, 1.82) is 0 Å². The van der Waals surface area contributed by atoms with Gasteiger partial charge >= 0.3 is 5.97 Å². The van der Waals surface area contributed by atoms with Crippen molar-refractivity contribution in [3.8, 4) is 0 Å². The Bertz CT molecular complexity index is 1520. The lowest BCUT2D eigenvalue weighted by Crippen LogP contribution is -2.33. The van der Waals surface area contributed by atoms with E-state index in [4.69, 9.17) is 39.5 Å². The van der Waals surface area contributed by atoms with E-state index >= 15 is 0 Å².